The summed E-state index contributed by atoms with van der Waals surface area (Å²) in [5, 5.41) is 3.56. The molecule has 0 unspecified atom stereocenters. The largest absolute Gasteiger partial charge is 0.492 e. The number of rotatable bonds is 5. The summed E-state index contributed by atoms with van der Waals surface area (Å²) in [5.74, 6) is 0.544. The van der Waals surface area contributed by atoms with E-state index in [4.69, 9.17) is 63.3 Å². The van der Waals surface area contributed by atoms with Gasteiger partial charge < -0.3 is 20.5 Å². The third kappa shape index (κ3) is 7.65. The van der Waals surface area contributed by atoms with Crippen LogP contribution in [0.2, 0.25) is 20.1 Å². The van der Waals surface area contributed by atoms with Gasteiger partial charge >= 0.3 is 5.97 Å². The van der Waals surface area contributed by atoms with E-state index in [0.717, 1.165) is 0 Å². The molecule has 0 bridgehead atoms. The third-order valence-electron chi connectivity index (χ3n) is 4.81. The van der Waals surface area contributed by atoms with Crippen LogP contribution in [0.3, 0.4) is 0 Å². The van der Waals surface area contributed by atoms with Gasteiger partial charge in [0.2, 0.25) is 0 Å². The summed E-state index contributed by atoms with van der Waals surface area (Å²) >= 11 is 23.4. The van der Waals surface area contributed by atoms with Crippen LogP contribution < -0.4 is 15.8 Å². The first-order chi connectivity index (χ1) is 17.7. The van der Waals surface area contributed by atoms with E-state index < -0.39 is 17.3 Å². The number of nitrogens with one attached hydrogen (secondary N) is 1. The lowest BCUT2D eigenvalue weighted by Crippen LogP contribution is -2.42. The van der Waals surface area contributed by atoms with Crippen LogP contribution in [0.4, 0.5) is 10.1 Å². The molecule has 7 nitrogen and oxygen atoms in total. The molecule has 0 atom stereocenters. The minimum absolute atomic E-state index is 0.0584. The Morgan fingerprint density at radius 1 is 1.08 bits per heavy atom. The van der Waals surface area contributed by atoms with Crippen molar-refractivity contribution in [3.8, 4) is 29.4 Å². The Hall–Kier alpha value is -3.22. The van der Waals surface area contributed by atoms with Crippen LogP contribution in [0.5, 0.6) is 5.75 Å². The Morgan fingerprint density at radius 3 is 2.21 bits per heavy atom. The van der Waals surface area contributed by atoms with Gasteiger partial charge in [-0.2, -0.15) is 0 Å². The second kappa shape index (κ2) is 13.0. The molecule has 0 aliphatic heterocycles. The molecule has 12 heteroatoms. The first kappa shape index (κ1) is 31.0. The number of carbonyl (C=O) groups excluding carboxylic acids is 2. The van der Waals surface area contributed by atoms with E-state index in [2.05, 4.69) is 21.0 Å². The third-order valence-corrected chi connectivity index (χ3v) is 5.94. The second-order valence-electron chi connectivity index (χ2n) is 8.07. The number of esters is 1. The summed E-state index contributed by atoms with van der Waals surface area (Å²) in [6.45, 7) is 3.47. The van der Waals surface area contributed by atoms with Gasteiger partial charge in [0, 0.05) is 21.2 Å². The molecule has 1 aromatic heterocycles. The number of methoxy groups -OCH3 is 2. The molecule has 0 aliphatic carbocycles. The quantitative estimate of drug-likeness (QED) is 0.249. The summed E-state index contributed by atoms with van der Waals surface area (Å²) in [4.78, 5) is 27.5. The van der Waals surface area contributed by atoms with Crippen molar-refractivity contribution >= 4 is 64.0 Å². The predicted molar refractivity (Wildman–Crippen MR) is 149 cm³/mol. The van der Waals surface area contributed by atoms with Crippen molar-refractivity contribution in [3.63, 3.8) is 0 Å². The number of nitrogens with zero attached hydrogens (tertiary/aromatic N) is 1. The zero-order valence-corrected chi connectivity index (χ0v) is 23.6. The maximum atomic E-state index is 14.4. The van der Waals surface area contributed by atoms with Crippen LogP contribution in [-0.2, 0) is 4.74 Å². The van der Waals surface area contributed by atoms with Crippen molar-refractivity contribution in [3.05, 3.63) is 73.6 Å². The van der Waals surface area contributed by atoms with Gasteiger partial charge in [-0.05, 0) is 50.2 Å². The summed E-state index contributed by atoms with van der Waals surface area (Å²) in [6.07, 6.45) is 5.28. The fraction of sp³-hybridized carbons (Fsp3) is 0.192. The van der Waals surface area contributed by atoms with Crippen molar-refractivity contribution in [2.75, 3.05) is 20.0 Å². The highest BCUT2D eigenvalue weighted by Crippen LogP contribution is 2.36. The Labute approximate surface area is 239 Å². The van der Waals surface area contributed by atoms with Gasteiger partial charge in [-0.1, -0.05) is 52.3 Å². The van der Waals surface area contributed by atoms with E-state index in [-0.39, 0.29) is 44.3 Å². The average Bonchev–Trinajstić information content (AvgIpc) is 2.85. The second-order valence-corrected chi connectivity index (χ2v) is 9.73. The number of hydrogen-bond acceptors (Lipinski definition) is 6. The summed E-state index contributed by atoms with van der Waals surface area (Å²) in [7, 11) is 2.46. The molecule has 0 aliphatic rings. The lowest BCUT2D eigenvalue weighted by Gasteiger charge is -2.19. The maximum Gasteiger partial charge on any atom is 0.358 e. The minimum Gasteiger partial charge on any atom is -0.492 e. The number of hydrogen-bond donors (Lipinski definition) is 2. The number of nitrogens with two attached hydrogens (primary N) is 1. The number of benzene rings is 2. The molecule has 1 amide bonds. The van der Waals surface area contributed by atoms with Crippen molar-refractivity contribution in [2.24, 2.45) is 0 Å². The fourth-order valence-corrected chi connectivity index (χ4v) is 3.84. The van der Waals surface area contributed by atoms with Crippen molar-refractivity contribution in [1.82, 2.24) is 10.3 Å². The molecule has 3 aromatic rings. The molecular weight excluding hydrogens is 579 g/mol. The topological polar surface area (TPSA) is 104 Å². The number of ether oxygens (including phenoxy) is 2. The van der Waals surface area contributed by atoms with Gasteiger partial charge in [-0.25, -0.2) is 14.2 Å². The summed E-state index contributed by atoms with van der Waals surface area (Å²) in [6, 6.07) is 8.83. The smallest absolute Gasteiger partial charge is 0.358 e. The molecule has 0 saturated heterocycles. The predicted octanol–water partition coefficient (Wildman–Crippen LogP) is 6.71. The van der Waals surface area contributed by atoms with Crippen LogP contribution in [-0.4, -0.2) is 36.6 Å². The molecule has 3 N–H and O–H groups in total. The average molecular weight is 601 g/mol. The standard InChI is InChI=1S/C14H11Cl2FN2O3.C12H11Cl2NO/c1-21-13-7(15)4-3-6(11(13)17)9-5-8(18)10(16)12(19-9)14(20)22-2;1-4-12(2,3)15-11(16)8-5-9(13)7-10(14)6-8/h3-5H,1-2H3,(H2,18,19);1,5-7H,2-3H3,(H,15,16). The summed E-state index contributed by atoms with van der Waals surface area (Å²) < 4.78 is 23.9. The zero-order chi connectivity index (χ0) is 28.8. The summed E-state index contributed by atoms with van der Waals surface area (Å²) in [5.41, 5.74) is 5.47. The van der Waals surface area contributed by atoms with Gasteiger partial charge in [-0.15, -0.1) is 6.42 Å². The highest BCUT2D eigenvalue weighted by atomic mass is 35.5. The monoisotopic (exact) mass is 599 g/mol. The number of pyridine rings is 1. The van der Waals surface area contributed by atoms with Gasteiger partial charge in [-0.3, -0.25) is 4.79 Å². The molecule has 1 heterocycles. The molecule has 3 rings (SSSR count). The lowest BCUT2D eigenvalue weighted by molar-refractivity contribution is 0.0594. The van der Waals surface area contributed by atoms with Crippen LogP contribution >= 0.6 is 46.4 Å². The van der Waals surface area contributed by atoms with Crippen molar-refractivity contribution in [2.45, 2.75) is 19.4 Å². The van der Waals surface area contributed by atoms with Crippen molar-refractivity contribution < 1.29 is 23.5 Å². The lowest BCUT2D eigenvalue weighted by atomic mass is 10.1. The number of carbonyl (C=O) groups is 2. The van der Waals surface area contributed by atoms with Gasteiger partial charge in [0.1, 0.15) is 0 Å². The van der Waals surface area contributed by atoms with E-state index in [1.165, 1.54) is 44.6 Å². The molecule has 0 spiro atoms. The molecule has 0 radical (unpaired) electrons. The van der Waals surface area contributed by atoms with Crippen LogP contribution in [0.25, 0.3) is 11.3 Å². The van der Waals surface area contributed by atoms with Gasteiger partial charge in [0.15, 0.2) is 17.3 Å². The normalized spacial score (nSPS) is 10.5. The van der Waals surface area contributed by atoms with Crippen LogP contribution in [0.1, 0.15) is 34.7 Å². The SMILES string of the molecule is C#CC(C)(C)NC(=O)c1cc(Cl)cc(Cl)c1.COC(=O)c1nc(-c2ccc(Cl)c(OC)c2F)cc(N)c1Cl. The molecular formula is C26H22Cl4FN3O4. The van der Waals surface area contributed by atoms with E-state index in [1.54, 1.807) is 19.9 Å². The van der Waals surface area contributed by atoms with E-state index in [9.17, 15) is 14.0 Å². The zero-order valence-electron chi connectivity index (χ0n) is 20.6. The molecule has 200 valence electrons. The minimum atomic E-state index is -0.778. The van der Waals surface area contributed by atoms with E-state index >= 15 is 0 Å². The fourth-order valence-electron chi connectivity index (χ4n) is 2.91. The van der Waals surface area contributed by atoms with Gasteiger partial charge in [0.25, 0.3) is 5.91 Å². The molecule has 38 heavy (non-hydrogen) atoms. The van der Waals surface area contributed by atoms with Crippen LogP contribution in [0.15, 0.2) is 36.4 Å². The number of anilines is 1. The first-order valence-corrected chi connectivity index (χ1v) is 12.1. The van der Waals surface area contributed by atoms with Gasteiger partial charge in [0.05, 0.1) is 41.2 Å². The highest BCUT2D eigenvalue weighted by Gasteiger charge is 2.21. The van der Waals surface area contributed by atoms with Crippen LogP contribution in [0, 0.1) is 18.2 Å². The number of nitrogen functional groups attached to an aromatic ring is 1. The number of amides is 1. The molecule has 0 fully saturated rings. The Bertz CT molecular complexity index is 1400. The number of aromatic nitrogens is 1. The highest BCUT2D eigenvalue weighted by molar-refractivity contribution is 6.36. The number of halogens is 5. The Morgan fingerprint density at radius 2 is 1.68 bits per heavy atom. The van der Waals surface area contributed by atoms with E-state index in [1.807, 2.05) is 0 Å². The number of terminal acetylenes is 1. The molecule has 2 aromatic carbocycles. The Kier molecular flexibility index (Phi) is 10.6. The van der Waals surface area contributed by atoms with E-state index in [0.29, 0.717) is 15.6 Å². The Balaban J connectivity index is 0.000000281. The van der Waals surface area contributed by atoms with Crippen molar-refractivity contribution in [1.29, 1.82) is 0 Å². The maximum absolute atomic E-state index is 14.4. The molecule has 0 saturated carbocycles. The first-order valence-electron chi connectivity index (χ1n) is 10.6.